The molecule has 2 amide bonds. The van der Waals surface area contributed by atoms with Gasteiger partial charge in [-0.15, -0.1) is 11.3 Å². The van der Waals surface area contributed by atoms with Crippen LogP contribution in [0.25, 0.3) is 10.2 Å². The predicted molar refractivity (Wildman–Crippen MR) is 112 cm³/mol. The van der Waals surface area contributed by atoms with E-state index in [4.69, 9.17) is 0 Å². The van der Waals surface area contributed by atoms with E-state index in [1.54, 1.807) is 11.3 Å². The number of hydrogen-bond donors (Lipinski definition) is 1. The Hall–Kier alpha value is -1.95. The van der Waals surface area contributed by atoms with E-state index in [9.17, 15) is 9.59 Å². The van der Waals surface area contributed by atoms with E-state index in [1.165, 1.54) is 4.70 Å². The van der Waals surface area contributed by atoms with Crippen LogP contribution in [0.2, 0.25) is 0 Å². The van der Waals surface area contributed by atoms with Crippen LogP contribution in [-0.4, -0.2) is 40.8 Å². The molecule has 0 unspecified atom stereocenters. The molecule has 1 N–H and O–H groups in total. The Morgan fingerprint density at radius 1 is 1.36 bits per heavy atom. The van der Waals surface area contributed by atoms with Gasteiger partial charge >= 0.3 is 0 Å². The van der Waals surface area contributed by atoms with E-state index in [2.05, 4.69) is 28.2 Å². The summed E-state index contributed by atoms with van der Waals surface area (Å²) >= 11 is 1.67. The standard InChI is InChI=1S/C22H29N3O2S/c1-2-14-25-18-8-5-12-22(18,13-11-21(25)27)15-23-19(26)9-10-20-24-16-6-3-4-7-17(16)28-20/h3-4,6-7,18H,2,5,8-15H2,1H3,(H,23,26)/t18-,22+/m1/s1. The third-order valence-electron chi connectivity index (χ3n) is 6.40. The van der Waals surface area contributed by atoms with Gasteiger partial charge in [0, 0.05) is 43.8 Å². The van der Waals surface area contributed by atoms with Gasteiger partial charge in [0.25, 0.3) is 0 Å². The Bertz CT molecular complexity index is 831. The molecule has 1 saturated heterocycles. The first-order chi connectivity index (χ1) is 13.6. The van der Waals surface area contributed by atoms with Crippen molar-refractivity contribution in [3.63, 3.8) is 0 Å². The van der Waals surface area contributed by atoms with Crippen molar-refractivity contribution in [3.05, 3.63) is 29.3 Å². The molecule has 28 heavy (non-hydrogen) atoms. The summed E-state index contributed by atoms with van der Waals surface area (Å²) in [6.07, 6.45) is 7.02. The first-order valence-corrected chi connectivity index (χ1v) is 11.3. The van der Waals surface area contributed by atoms with Gasteiger partial charge in [0.2, 0.25) is 11.8 Å². The lowest BCUT2D eigenvalue weighted by Crippen LogP contribution is -2.56. The molecule has 2 aromatic rings. The molecule has 2 fully saturated rings. The van der Waals surface area contributed by atoms with Crippen molar-refractivity contribution < 1.29 is 9.59 Å². The number of carbonyl (C=O) groups is 2. The molecule has 2 aliphatic rings. The van der Waals surface area contributed by atoms with Crippen molar-refractivity contribution in [2.24, 2.45) is 5.41 Å². The molecule has 4 rings (SSSR count). The third-order valence-corrected chi connectivity index (χ3v) is 7.49. The van der Waals surface area contributed by atoms with Crippen LogP contribution < -0.4 is 5.32 Å². The zero-order valence-electron chi connectivity index (χ0n) is 16.6. The number of rotatable bonds is 7. The number of fused-ring (bicyclic) bond motifs is 2. The van der Waals surface area contributed by atoms with Crippen LogP contribution in [0.4, 0.5) is 0 Å². The van der Waals surface area contributed by atoms with Crippen LogP contribution in [0.3, 0.4) is 0 Å². The summed E-state index contributed by atoms with van der Waals surface area (Å²) < 4.78 is 1.17. The van der Waals surface area contributed by atoms with Crippen molar-refractivity contribution in [1.82, 2.24) is 15.2 Å². The molecule has 1 aliphatic heterocycles. The number of amides is 2. The lowest BCUT2D eigenvalue weighted by molar-refractivity contribution is -0.142. The molecule has 1 saturated carbocycles. The summed E-state index contributed by atoms with van der Waals surface area (Å²) in [6, 6.07) is 8.40. The third kappa shape index (κ3) is 3.79. The molecule has 150 valence electrons. The Morgan fingerprint density at radius 3 is 3.04 bits per heavy atom. The summed E-state index contributed by atoms with van der Waals surface area (Å²) in [6.45, 7) is 3.67. The zero-order chi connectivity index (χ0) is 19.6. The van der Waals surface area contributed by atoms with E-state index in [-0.39, 0.29) is 11.3 Å². The van der Waals surface area contributed by atoms with Gasteiger partial charge in [0.15, 0.2) is 0 Å². The summed E-state index contributed by atoms with van der Waals surface area (Å²) in [4.78, 5) is 31.6. The monoisotopic (exact) mass is 399 g/mol. The number of hydrogen-bond acceptors (Lipinski definition) is 4. The van der Waals surface area contributed by atoms with Gasteiger partial charge in [-0.05, 0) is 37.8 Å². The summed E-state index contributed by atoms with van der Waals surface area (Å²) in [5.74, 6) is 0.393. The van der Waals surface area contributed by atoms with Crippen molar-refractivity contribution >= 4 is 33.4 Å². The Balaban J connectivity index is 1.34. The van der Waals surface area contributed by atoms with Crippen LogP contribution >= 0.6 is 11.3 Å². The second-order valence-corrected chi connectivity index (χ2v) is 9.32. The quantitative estimate of drug-likeness (QED) is 0.768. The fourth-order valence-corrected chi connectivity index (χ4v) is 5.96. The fourth-order valence-electron chi connectivity index (χ4n) is 5.00. The molecular weight excluding hydrogens is 370 g/mol. The first-order valence-electron chi connectivity index (χ1n) is 10.5. The van der Waals surface area contributed by atoms with Crippen molar-refractivity contribution in [2.45, 2.75) is 64.3 Å². The Morgan fingerprint density at radius 2 is 2.21 bits per heavy atom. The maximum Gasteiger partial charge on any atom is 0.222 e. The lowest BCUT2D eigenvalue weighted by Gasteiger charge is -2.46. The summed E-state index contributed by atoms with van der Waals surface area (Å²) in [5.41, 5.74) is 1.09. The second-order valence-electron chi connectivity index (χ2n) is 8.21. The number of piperidine rings is 1. The minimum absolute atomic E-state index is 0.0780. The highest BCUT2D eigenvalue weighted by Gasteiger charge is 2.49. The van der Waals surface area contributed by atoms with Crippen molar-refractivity contribution in [3.8, 4) is 0 Å². The van der Waals surface area contributed by atoms with Crippen LogP contribution in [0, 0.1) is 5.41 Å². The number of para-hydroxylation sites is 1. The van der Waals surface area contributed by atoms with E-state index in [0.717, 1.165) is 49.2 Å². The highest BCUT2D eigenvalue weighted by molar-refractivity contribution is 7.18. The average Bonchev–Trinajstić information content (AvgIpc) is 3.31. The predicted octanol–water partition coefficient (Wildman–Crippen LogP) is 3.92. The average molecular weight is 400 g/mol. The fraction of sp³-hybridized carbons (Fsp3) is 0.591. The van der Waals surface area contributed by atoms with Gasteiger partial charge in [-0.3, -0.25) is 9.59 Å². The molecule has 0 bridgehead atoms. The maximum atomic E-state index is 12.5. The Kier molecular flexibility index (Phi) is 5.67. The number of aryl methyl sites for hydroxylation is 1. The van der Waals surface area contributed by atoms with Crippen LogP contribution in [-0.2, 0) is 16.0 Å². The number of thiazole rings is 1. The lowest BCUT2D eigenvalue weighted by atomic mass is 9.74. The molecule has 1 aromatic heterocycles. The molecule has 2 atom stereocenters. The smallest absolute Gasteiger partial charge is 0.222 e. The zero-order valence-corrected chi connectivity index (χ0v) is 17.4. The highest BCUT2D eigenvalue weighted by Crippen LogP contribution is 2.47. The molecular formula is C22H29N3O2S. The molecule has 0 radical (unpaired) electrons. The van der Waals surface area contributed by atoms with Crippen molar-refractivity contribution in [1.29, 1.82) is 0 Å². The molecule has 1 aliphatic carbocycles. The second kappa shape index (κ2) is 8.19. The van der Waals surface area contributed by atoms with E-state index in [0.29, 0.717) is 37.8 Å². The van der Waals surface area contributed by atoms with Gasteiger partial charge in [-0.1, -0.05) is 25.5 Å². The van der Waals surface area contributed by atoms with E-state index < -0.39 is 0 Å². The number of carbonyl (C=O) groups excluding carboxylic acids is 2. The summed E-state index contributed by atoms with van der Waals surface area (Å²) in [7, 11) is 0. The van der Waals surface area contributed by atoms with E-state index >= 15 is 0 Å². The molecule has 2 heterocycles. The van der Waals surface area contributed by atoms with Crippen molar-refractivity contribution in [2.75, 3.05) is 13.1 Å². The molecule has 5 nitrogen and oxygen atoms in total. The minimum atomic E-state index is 0.0780. The van der Waals surface area contributed by atoms with Gasteiger partial charge < -0.3 is 10.2 Å². The highest BCUT2D eigenvalue weighted by atomic mass is 32.1. The largest absolute Gasteiger partial charge is 0.355 e. The number of benzene rings is 1. The molecule has 0 spiro atoms. The molecule has 6 heteroatoms. The first kappa shape index (κ1) is 19.4. The number of likely N-dealkylation sites (tertiary alicyclic amines) is 1. The van der Waals surface area contributed by atoms with Gasteiger partial charge in [-0.2, -0.15) is 0 Å². The normalized spacial score (nSPS) is 24.5. The van der Waals surface area contributed by atoms with Crippen LogP contribution in [0.15, 0.2) is 24.3 Å². The van der Waals surface area contributed by atoms with Gasteiger partial charge in [0.05, 0.1) is 15.2 Å². The maximum absolute atomic E-state index is 12.5. The SMILES string of the molecule is CCCN1C(=O)CC[C@]2(CNC(=O)CCc3nc4ccccc4s3)CCC[C@@H]12. The van der Waals surface area contributed by atoms with Crippen LogP contribution in [0.1, 0.15) is 56.9 Å². The summed E-state index contributed by atoms with van der Waals surface area (Å²) in [5, 5.41) is 4.22. The van der Waals surface area contributed by atoms with Gasteiger partial charge in [-0.25, -0.2) is 4.98 Å². The van der Waals surface area contributed by atoms with E-state index in [1.807, 2.05) is 18.2 Å². The number of nitrogens with zero attached hydrogens (tertiary/aromatic N) is 2. The number of aromatic nitrogens is 1. The van der Waals surface area contributed by atoms with Crippen LogP contribution in [0.5, 0.6) is 0 Å². The molecule has 1 aromatic carbocycles. The number of nitrogens with one attached hydrogen (secondary N) is 1. The Labute approximate surface area is 170 Å². The van der Waals surface area contributed by atoms with Gasteiger partial charge in [0.1, 0.15) is 0 Å². The minimum Gasteiger partial charge on any atom is -0.355 e. The topological polar surface area (TPSA) is 62.3 Å².